The van der Waals surface area contributed by atoms with Gasteiger partial charge in [0.1, 0.15) is 17.2 Å². The third kappa shape index (κ3) is 3.26. The molecule has 1 amide bonds. The Balaban J connectivity index is 1.85. The van der Waals surface area contributed by atoms with Crippen molar-refractivity contribution in [3.05, 3.63) is 81.7 Å². The Kier molecular flexibility index (Phi) is 3.89. The molecule has 0 bridgehead atoms. The molecule has 0 aliphatic carbocycles. The molecule has 0 aliphatic heterocycles. The van der Waals surface area contributed by atoms with Gasteiger partial charge in [-0.25, -0.2) is 13.6 Å². The second-order valence-corrected chi connectivity index (χ2v) is 4.92. The van der Waals surface area contributed by atoms with E-state index in [1.54, 1.807) is 0 Å². The van der Waals surface area contributed by atoms with Crippen molar-refractivity contribution in [3.8, 4) is 0 Å². The van der Waals surface area contributed by atoms with Crippen LogP contribution in [-0.2, 0) is 6.54 Å². The molecular formula is C17H11F2NO3. The number of fused-ring (bicyclic) bond motifs is 1. The van der Waals surface area contributed by atoms with Gasteiger partial charge >= 0.3 is 5.63 Å². The van der Waals surface area contributed by atoms with Gasteiger partial charge in [0.05, 0.1) is 0 Å². The van der Waals surface area contributed by atoms with Crippen molar-refractivity contribution in [3.63, 3.8) is 0 Å². The second-order valence-electron chi connectivity index (χ2n) is 4.92. The van der Waals surface area contributed by atoms with Crippen LogP contribution in [0.3, 0.4) is 0 Å². The van der Waals surface area contributed by atoms with Gasteiger partial charge in [-0.1, -0.05) is 0 Å². The lowest BCUT2D eigenvalue weighted by atomic mass is 10.1. The summed E-state index contributed by atoms with van der Waals surface area (Å²) in [6.45, 7) is 0.0595. The highest BCUT2D eigenvalue weighted by Crippen LogP contribution is 2.18. The predicted octanol–water partition coefficient (Wildman–Crippen LogP) is 3.00. The molecule has 0 aliphatic rings. The maximum absolute atomic E-state index is 13.2. The van der Waals surface area contributed by atoms with Gasteiger partial charge in [0, 0.05) is 29.6 Å². The lowest BCUT2D eigenvalue weighted by Crippen LogP contribution is -2.23. The van der Waals surface area contributed by atoms with Crippen LogP contribution in [0, 0.1) is 11.6 Å². The molecule has 3 aromatic rings. The topological polar surface area (TPSA) is 59.3 Å². The monoisotopic (exact) mass is 315 g/mol. The van der Waals surface area contributed by atoms with Gasteiger partial charge in [0.15, 0.2) is 0 Å². The van der Waals surface area contributed by atoms with E-state index in [2.05, 4.69) is 5.32 Å². The fourth-order valence-electron chi connectivity index (χ4n) is 2.23. The predicted molar refractivity (Wildman–Crippen MR) is 80.0 cm³/mol. The molecule has 0 saturated carbocycles. The first-order valence-electron chi connectivity index (χ1n) is 6.79. The Morgan fingerprint density at radius 2 is 1.70 bits per heavy atom. The maximum atomic E-state index is 13.2. The molecule has 0 saturated heterocycles. The van der Waals surface area contributed by atoms with Crippen LogP contribution < -0.4 is 10.9 Å². The molecule has 3 rings (SSSR count). The molecule has 1 aromatic heterocycles. The third-order valence-electron chi connectivity index (χ3n) is 3.34. The number of hydrogen-bond donors (Lipinski definition) is 1. The van der Waals surface area contributed by atoms with E-state index >= 15 is 0 Å². The van der Waals surface area contributed by atoms with E-state index in [0.29, 0.717) is 16.5 Å². The molecule has 1 heterocycles. The second kappa shape index (κ2) is 6.00. The van der Waals surface area contributed by atoms with E-state index in [-0.39, 0.29) is 12.1 Å². The number of halogens is 2. The van der Waals surface area contributed by atoms with Gasteiger partial charge in [-0.15, -0.1) is 0 Å². The minimum absolute atomic E-state index is 0.0595. The lowest BCUT2D eigenvalue weighted by molar-refractivity contribution is 0.0951. The van der Waals surface area contributed by atoms with Crippen molar-refractivity contribution < 1.29 is 18.0 Å². The molecule has 1 N–H and O–H groups in total. The first-order valence-corrected chi connectivity index (χ1v) is 6.79. The summed E-state index contributed by atoms with van der Waals surface area (Å²) in [6.07, 6.45) is 0. The zero-order valence-electron chi connectivity index (χ0n) is 11.8. The summed E-state index contributed by atoms with van der Waals surface area (Å²) in [5.74, 6) is -1.36. The highest BCUT2D eigenvalue weighted by molar-refractivity contribution is 5.94. The highest BCUT2D eigenvalue weighted by atomic mass is 19.1. The first-order chi connectivity index (χ1) is 11.0. The molecule has 0 radical (unpaired) electrons. The van der Waals surface area contributed by atoms with Crippen LogP contribution in [0.15, 0.2) is 57.7 Å². The molecule has 116 valence electrons. The van der Waals surface area contributed by atoms with Gasteiger partial charge < -0.3 is 9.73 Å². The summed E-state index contributed by atoms with van der Waals surface area (Å²) in [4.78, 5) is 23.5. The average Bonchev–Trinajstić information content (AvgIpc) is 2.52. The molecule has 2 aromatic carbocycles. The van der Waals surface area contributed by atoms with E-state index in [9.17, 15) is 18.4 Å². The standard InChI is InChI=1S/C17H11F2NO3/c18-12-3-1-10(2-4-12)17(22)20-9-11-7-16(21)23-15-8-13(19)5-6-14(11)15/h1-8H,9H2,(H,20,22). The number of benzene rings is 2. The summed E-state index contributed by atoms with van der Waals surface area (Å²) in [6, 6.07) is 10.2. The quantitative estimate of drug-likeness (QED) is 0.756. The van der Waals surface area contributed by atoms with E-state index in [1.807, 2.05) is 0 Å². The zero-order valence-corrected chi connectivity index (χ0v) is 11.8. The Hall–Kier alpha value is -3.02. The van der Waals surface area contributed by atoms with E-state index in [4.69, 9.17) is 4.42 Å². The van der Waals surface area contributed by atoms with E-state index in [0.717, 1.165) is 6.07 Å². The molecule has 0 spiro atoms. The molecule has 0 unspecified atom stereocenters. The van der Waals surface area contributed by atoms with Crippen LogP contribution in [0.2, 0.25) is 0 Å². The number of nitrogens with one attached hydrogen (secondary N) is 1. The van der Waals surface area contributed by atoms with Crippen LogP contribution in [0.4, 0.5) is 8.78 Å². The summed E-state index contributed by atoms with van der Waals surface area (Å²) >= 11 is 0. The van der Waals surface area contributed by atoms with Crippen molar-refractivity contribution in [1.29, 1.82) is 0 Å². The Morgan fingerprint density at radius 3 is 2.43 bits per heavy atom. The fourth-order valence-corrected chi connectivity index (χ4v) is 2.23. The van der Waals surface area contributed by atoms with Crippen molar-refractivity contribution in [1.82, 2.24) is 5.32 Å². The Labute approximate surface area is 129 Å². The maximum Gasteiger partial charge on any atom is 0.336 e. The summed E-state index contributed by atoms with van der Waals surface area (Å²) < 4.78 is 31.0. The van der Waals surface area contributed by atoms with Crippen LogP contribution >= 0.6 is 0 Å². The normalized spacial score (nSPS) is 10.7. The molecule has 23 heavy (non-hydrogen) atoms. The molecule has 4 nitrogen and oxygen atoms in total. The Morgan fingerprint density at radius 1 is 1.00 bits per heavy atom. The number of hydrogen-bond acceptors (Lipinski definition) is 3. The average molecular weight is 315 g/mol. The molecule has 0 atom stereocenters. The molecule has 0 fully saturated rings. The summed E-state index contributed by atoms with van der Waals surface area (Å²) in [5, 5.41) is 3.17. The smallest absolute Gasteiger partial charge is 0.336 e. The Bertz CT molecular complexity index is 933. The highest BCUT2D eigenvalue weighted by Gasteiger charge is 2.10. The zero-order chi connectivity index (χ0) is 16.4. The van der Waals surface area contributed by atoms with Crippen LogP contribution in [0.5, 0.6) is 0 Å². The van der Waals surface area contributed by atoms with Gasteiger partial charge in [-0.3, -0.25) is 4.79 Å². The van der Waals surface area contributed by atoms with Crippen molar-refractivity contribution in [2.24, 2.45) is 0 Å². The molecule has 6 heteroatoms. The minimum atomic E-state index is -0.630. The minimum Gasteiger partial charge on any atom is -0.423 e. The molecular weight excluding hydrogens is 304 g/mol. The lowest BCUT2D eigenvalue weighted by Gasteiger charge is -2.08. The first kappa shape index (κ1) is 14.9. The van der Waals surface area contributed by atoms with E-state index < -0.39 is 23.2 Å². The number of carbonyl (C=O) groups excluding carboxylic acids is 1. The van der Waals surface area contributed by atoms with Gasteiger partial charge in [-0.2, -0.15) is 0 Å². The number of amides is 1. The van der Waals surface area contributed by atoms with E-state index in [1.165, 1.54) is 42.5 Å². The van der Waals surface area contributed by atoms with Crippen molar-refractivity contribution >= 4 is 16.9 Å². The van der Waals surface area contributed by atoms with Crippen LogP contribution in [0.25, 0.3) is 11.0 Å². The number of carbonyl (C=O) groups is 1. The van der Waals surface area contributed by atoms with Gasteiger partial charge in [0.2, 0.25) is 0 Å². The largest absolute Gasteiger partial charge is 0.423 e. The number of rotatable bonds is 3. The van der Waals surface area contributed by atoms with Gasteiger partial charge in [0.25, 0.3) is 5.91 Å². The van der Waals surface area contributed by atoms with Gasteiger partial charge in [-0.05, 0) is 42.0 Å². The van der Waals surface area contributed by atoms with Crippen LogP contribution in [0.1, 0.15) is 15.9 Å². The fraction of sp³-hybridized carbons (Fsp3) is 0.0588. The van der Waals surface area contributed by atoms with Crippen molar-refractivity contribution in [2.45, 2.75) is 6.54 Å². The van der Waals surface area contributed by atoms with Crippen molar-refractivity contribution in [2.75, 3.05) is 0 Å². The van der Waals surface area contributed by atoms with Crippen LogP contribution in [-0.4, -0.2) is 5.91 Å². The summed E-state index contributed by atoms with van der Waals surface area (Å²) in [5.41, 5.74) is 0.286. The summed E-state index contributed by atoms with van der Waals surface area (Å²) in [7, 11) is 0. The third-order valence-corrected chi connectivity index (χ3v) is 3.34. The SMILES string of the molecule is O=C(NCc1cc(=O)oc2cc(F)ccc12)c1ccc(F)cc1.